The van der Waals surface area contributed by atoms with Crippen LogP contribution in [0.4, 0.5) is 15.8 Å². The molecule has 1 heterocycles. The SMILES string of the molecule is Cc1cc(F)c(Br)cc1NS(=O)(=O)c1ccc(NS(=O)(=O)c2cc(Cl)cc(Cl)c2)cc1C(=O)NC1COC1. The second-order valence-electron chi connectivity index (χ2n) is 8.32. The maximum absolute atomic E-state index is 13.8. The molecule has 9 nitrogen and oxygen atoms in total. The minimum absolute atomic E-state index is 0.0367. The minimum Gasteiger partial charge on any atom is -0.377 e. The normalized spacial score (nSPS) is 14.0. The van der Waals surface area contributed by atoms with Gasteiger partial charge in [0.05, 0.1) is 39.9 Å². The van der Waals surface area contributed by atoms with Crippen LogP contribution in [-0.4, -0.2) is 42.0 Å². The van der Waals surface area contributed by atoms with Gasteiger partial charge in [0.25, 0.3) is 26.0 Å². The first-order chi connectivity index (χ1) is 17.7. The smallest absolute Gasteiger partial charge is 0.262 e. The number of aryl methyl sites for hydroxylation is 1. The van der Waals surface area contributed by atoms with Gasteiger partial charge >= 0.3 is 0 Å². The van der Waals surface area contributed by atoms with Gasteiger partial charge in [-0.05, 0) is 76.9 Å². The van der Waals surface area contributed by atoms with Crippen molar-refractivity contribution < 1.29 is 30.8 Å². The van der Waals surface area contributed by atoms with Gasteiger partial charge in [0.2, 0.25) is 0 Å². The number of hydrogen-bond donors (Lipinski definition) is 3. The van der Waals surface area contributed by atoms with Gasteiger partial charge in [-0.25, -0.2) is 21.2 Å². The summed E-state index contributed by atoms with van der Waals surface area (Å²) in [4.78, 5) is 12.4. The van der Waals surface area contributed by atoms with E-state index in [1.165, 1.54) is 37.3 Å². The standard InChI is InChI=1S/C23H19BrCl2FN3O6S2/c1-12-4-20(27)19(24)9-21(12)30-38(34,35)22-3-2-15(8-18(22)23(31)28-16-10-36-11-16)29-37(32,33)17-6-13(25)5-14(26)7-17/h2-9,16,29-30H,10-11H2,1H3,(H,28,31). The summed E-state index contributed by atoms with van der Waals surface area (Å²) >= 11 is 14.9. The highest BCUT2D eigenvalue weighted by Gasteiger charge is 2.28. The number of rotatable bonds is 8. The number of benzene rings is 3. The van der Waals surface area contributed by atoms with Crippen LogP contribution in [0.25, 0.3) is 0 Å². The van der Waals surface area contributed by atoms with Gasteiger partial charge in [0.15, 0.2) is 0 Å². The number of halogens is 4. The quantitative estimate of drug-likeness (QED) is 0.313. The highest BCUT2D eigenvalue weighted by Crippen LogP contribution is 2.30. The maximum Gasteiger partial charge on any atom is 0.262 e. The Hall–Kier alpha value is -2.42. The van der Waals surface area contributed by atoms with E-state index in [4.69, 9.17) is 27.9 Å². The molecule has 202 valence electrons. The predicted molar refractivity (Wildman–Crippen MR) is 145 cm³/mol. The van der Waals surface area contributed by atoms with Crippen LogP contribution in [0, 0.1) is 12.7 Å². The molecule has 0 bridgehead atoms. The van der Waals surface area contributed by atoms with Crippen molar-refractivity contribution in [3.63, 3.8) is 0 Å². The maximum atomic E-state index is 13.8. The van der Waals surface area contributed by atoms with Crippen molar-refractivity contribution in [2.45, 2.75) is 22.8 Å². The molecule has 1 aliphatic rings. The molecule has 3 N–H and O–H groups in total. The average molecular weight is 667 g/mol. The number of amides is 1. The lowest BCUT2D eigenvalue weighted by Gasteiger charge is -2.27. The lowest BCUT2D eigenvalue weighted by Crippen LogP contribution is -2.48. The lowest BCUT2D eigenvalue weighted by molar-refractivity contribution is -0.00351. The fraction of sp³-hybridized carbons (Fsp3) is 0.174. The zero-order valence-electron chi connectivity index (χ0n) is 19.4. The Kier molecular flexibility index (Phi) is 8.26. The average Bonchev–Trinajstić information content (AvgIpc) is 2.78. The Morgan fingerprint density at radius 3 is 2.24 bits per heavy atom. The molecule has 1 aliphatic heterocycles. The molecular formula is C23H19BrCl2FN3O6S2. The molecule has 1 amide bonds. The van der Waals surface area contributed by atoms with Gasteiger partial charge < -0.3 is 10.1 Å². The third-order valence-corrected chi connectivity index (χ3v) is 9.23. The minimum atomic E-state index is -4.39. The van der Waals surface area contributed by atoms with Crippen LogP contribution < -0.4 is 14.8 Å². The molecule has 1 fully saturated rings. The van der Waals surface area contributed by atoms with Crippen molar-refractivity contribution >= 4 is 76.5 Å². The van der Waals surface area contributed by atoms with Gasteiger partial charge in [-0.2, -0.15) is 0 Å². The highest BCUT2D eigenvalue weighted by molar-refractivity contribution is 9.10. The monoisotopic (exact) mass is 665 g/mol. The number of sulfonamides is 2. The zero-order chi connectivity index (χ0) is 27.8. The molecule has 3 aromatic rings. The van der Waals surface area contributed by atoms with E-state index in [2.05, 4.69) is 30.7 Å². The summed E-state index contributed by atoms with van der Waals surface area (Å²) in [5.41, 5.74) is -0.0283. The summed E-state index contributed by atoms with van der Waals surface area (Å²) in [5.74, 6) is -1.34. The topological polar surface area (TPSA) is 131 Å². The molecule has 0 spiro atoms. The molecule has 1 saturated heterocycles. The number of hydrogen-bond acceptors (Lipinski definition) is 6. The van der Waals surface area contributed by atoms with Gasteiger partial charge in [0.1, 0.15) is 10.7 Å². The van der Waals surface area contributed by atoms with Gasteiger partial charge in [-0.15, -0.1) is 0 Å². The molecular weight excluding hydrogens is 648 g/mol. The summed E-state index contributed by atoms with van der Waals surface area (Å²) < 4.78 is 76.1. The first kappa shape index (κ1) is 28.6. The van der Waals surface area contributed by atoms with Crippen molar-refractivity contribution in [3.8, 4) is 0 Å². The number of ether oxygens (including phenoxy) is 1. The van der Waals surface area contributed by atoms with E-state index in [0.717, 1.165) is 18.2 Å². The third kappa shape index (κ3) is 6.41. The number of carbonyl (C=O) groups is 1. The Bertz CT molecular complexity index is 1630. The first-order valence-electron chi connectivity index (χ1n) is 10.8. The molecule has 0 atom stereocenters. The van der Waals surface area contributed by atoms with Crippen LogP contribution in [0.5, 0.6) is 0 Å². The molecule has 15 heteroatoms. The molecule has 4 rings (SSSR count). The van der Waals surface area contributed by atoms with Crippen molar-refractivity contribution in [2.75, 3.05) is 22.7 Å². The molecule has 38 heavy (non-hydrogen) atoms. The van der Waals surface area contributed by atoms with E-state index >= 15 is 0 Å². The Balaban J connectivity index is 1.73. The molecule has 0 aromatic heterocycles. The Morgan fingerprint density at radius 2 is 1.63 bits per heavy atom. The fourth-order valence-electron chi connectivity index (χ4n) is 3.44. The molecule has 0 aliphatic carbocycles. The first-order valence-corrected chi connectivity index (χ1v) is 15.3. The molecule has 0 saturated carbocycles. The summed E-state index contributed by atoms with van der Waals surface area (Å²) in [7, 11) is -8.59. The molecule has 0 unspecified atom stereocenters. The van der Waals surface area contributed by atoms with Crippen LogP contribution in [0.3, 0.4) is 0 Å². The van der Waals surface area contributed by atoms with E-state index in [1.807, 2.05) is 0 Å². The predicted octanol–water partition coefficient (Wildman–Crippen LogP) is 4.93. The van der Waals surface area contributed by atoms with Crippen LogP contribution in [-0.2, 0) is 24.8 Å². The van der Waals surface area contributed by atoms with E-state index < -0.39 is 36.7 Å². The molecule has 3 aromatic carbocycles. The van der Waals surface area contributed by atoms with Crippen LogP contribution in [0.15, 0.2) is 62.8 Å². The summed E-state index contributed by atoms with van der Waals surface area (Å²) in [6.45, 7) is 2.00. The summed E-state index contributed by atoms with van der Waals surface area (Å²) in [6, 6.07) is 9.18. The van der Waals surface area contributed by atoms with Crippen LogP contribution in [0.2, 0.25) is 10.0 Å². The summed E-state index contributed by atoms with van der Waals surface area (Å²) in [5, 5.41) is 2.84. The fourth-order valence-corrected chi connectivity index (χ4v) is 6.87. The van der Waals surface area contributed by atoms with E-state index in [0.29, 0.717) is 5.56 Å². The largest absolute Gasteiger partial charge is 0.377 e. The van der Waals surface area contributed by atoms with Crippen LogP contribution in [0.1, 0.15) is 15.9 Å². The van der Waals surface area contributed by atoms with Gasteiger partial charge in [-0.3, -0.25) is 14.2 Å². The second-order valence-corrected chi connectivity index (χ2v) is 13.4. The van der Waals surface area contributed by atoms with Crippen molar-refractivity contribution in [1.29, 1.82) is 0 Å². The number of carbonyl (C=O) groups excluding carboxylic acids is 1. The highest BCUT2D eigenvalue weighted by atomic mass is 79.9. The zero-order valence-corrected chi connectivity index (χ0v) is 24.1. The Labute approximate surface area is 236 Å². The third-order valence-electron chi connectivity index (χ3n) is 5.40. The van der Waals surface area contributed by atoms with Gasteiger partial charge in [0, 0.05) is 15.7 Å². The number of nitrogens with one attached hydrogen (secondary N) is 3. The van der Waals surface area contributed by atoms with E-state index in [-0.39, 0.29) is 55.6 Å². The number of anilines is 2. The van der Waals surface area contributed by atoms with Crippen LogP contribution >= 0.6 is 39.1 Å². The molecule has 0 radical (unpaired) electrons. The second kappa shape index (κ2) is 11.0. The van der Waals surface area contributed by atoms with Crippen molar-refractivity contribution in [3.05, 3.63) is 80.0 Å². The summed E-state index contributed by atoms with van der Waals surface area (Å²) in [6.07, 6.45) is 0. The van der Waals surface area contributed by atoms with E-state index in [1.54, 1.807) is 0 Å². The Morgan fingerprint density at radius 1 is 0.974 bits per heavy atom. The van der Waals surface area contributed by atoms with Crippen molar-refractivity contribution in [2.24, 2.45) is 0 Å². The lowest BCUT2D eigenvalue weighted by atomic mass is 10.1. The van der Waals surface area contributed by atoms with Gasteiger partial charge in [-0.1, -0.05) is 23.2 Å². The van der Waals surface area contributed by atoms with E-state index in [9.17, 15) is 26.0 Å². The van der Waals surface area contributed by atoms with Crippen molar-refractivity contribution in [1.82, 2.24) is 5.32 Å².